The Kier molecular flexibility index (Phi) is 6.98. The first kappa shape index (κ1) is 24.3. The van der Waals surface area contributed by atoms with Gasteiger partial charge in [-0.3, -0.25) is 19.2 Å². The summed E-state index contributed by atoms with van der Waals surface area (Å²) in [4.78, 5) is 41.4. The van der Waals surface area contributed by atoms with Crippen LogP contribution >= 0.6 is 11.6 Å². The van der Waals surface area contributed by atoms with Gasteiger partial charge in [-0.2, -0.15) is 5.10 Å². The molecule has 0 unspecified atom stereocenters. The lowest BCUT2D eigenvalue weighted by Gasteiger charge is -2.44. The molecule has 0 radical (unpaired) electrons. The molecular formula is C25H31ClN4O4. The summed E-state index contributed by atoms with van der Waals surface area (Å²) in [6, 6.07) is 6.79. The predicted molar refractivity (Wildman–Crippen MR) is 129 cm³/mol. The van der Waals surface area contributed by atoms with Crippen molar-refractivity contribution in [3.63, 3.8) is 0 Å². The molecule has 9 heteroatoms. The largest absolute Gasteiger partial charge is 0.461 e. The molecule has 1 aromatic heterocycles. The number of nitrogens with one attached hydrogen (secondary N) is 1. The van der Waals surface area contributed by atoms with E-state index in [0.29, 0.717) is 16.3 Å². The molecule has 0 spiro atoms. The van der Waals surface area contributed by atoms with E-state index in [2.05, 4.69) is 10.4 Å². The van der Waals surface area contributed by atoms with E-state index in [1.54, 1.807) is 32.0 Å². The molecule has 1 aliphatic heterocycles. The van der Waals surface area contributed by atoms with Crippen LogP contribution in [0.1, 0.15) is 78.9 Å². The van der Waals surface area contributed by atoms with Gasteiger partial charge in [0.2, 0.25) is 5.91 Å². The number of carbonyl (C=O) groups excluding carboxylic acids is 3. The Morgan fingerprint density at radius 2 is 1.94 bits per heavy atom. The Morgan fingerprint density at radius 3 is 2.62 bits per heavy atom. The number of esters is 1. The molecule has 0 bridgehead atoms. The number of hydrogen-bond acceptors (Lipinski definition) is 5. The van der Waals surface area contributed by atoms with Crippen molar-refractivity contribution >= 4 is 35.1 Å². The van der Waals surface area contributed by atoms with Gasteiger partial charge in [0.1, 0.15) is 11.2 Å². The molecule has 4 rings (SSSR count). The number of fused-ring (bicyclic) bond motifs is 1. The standard InChI is InChI=1S/C25H31ClN4O4/c1-4-34-23(32)19-14-21-22(31)30(20-13-9-12-18(26)16(20)2)25(3,15-29(21)28-19)24(33)27-17-10-7-5-6-8-11-17/h9,12-14,17H,4-8,10-11,15H2,1-3H3,(H,27,33)/t25-/m0/s1. The van der Waals surface area contributed by atoms with Crippen molar-refractivity contribution in [2.24, 2.45) is 0 Å². The fourth-order valence-corrected chi connectivity index (χ4v) is 5.04. The van der Waals surface area contributed by atoms with Crippen LogP contribution in [0.2, 0.25) is 5.02 Å². The minimum atomic E-state index is -1.27. The number of ether oxygens (including phenoxy) is 1. The van der Waals surface area contributed by atoms with E-state index in [0.717, 1.165) is 25.7 Å². The molecule has 1 N–H and O–H groups in total. The van der Waals surface area contributed by atoms with Crippen molar-refractivity contribution in [3.8, 4) is 0 Å². The summed E-state index contributed by atoms with van der Waals surface area (Å²) in [6.45, 7) is 5.57. The van der Waals surface area contributed by atoms with Gasteiger partial charge in [-0.05, 0) is 51.3 Å². The van der Waals surface area contributed by atoms with E-state index >= 15 is 0 Å². The van der Waals surface area contributed by atoms with Gasteiger partial charge in [0.15, 0.2) is 5.69 Å². The molecule has 182 valence electrons. The second kappa shape index (κ2) is 9.78. The quantitative estimate of drug-likeness (QED) is 0.503. The minimum absolute atomic E-state index is 0.0430. The third-order valence-corrected chi connectivity index (χ3v) is 7.21. The topological polar surface area (TPSA) is 93.5 Å². The SMILES string of the molecule is CCOC(=O)c1cc2n(n1)C[C@@](C)(C(=O)NC1CCCCCC1)N(c1cccc(Cl)c1C)C2=O. The monoisotopic (exact) mass is 486 g/mol. The summed E-state index contributed by atoms with van der Waals surface area (Å²) < 4.78 is 6.50. The number of benzene rings is 1. The van der Waals surface area contributed by atoms with Crippen molar-refractivity contribution in [2.45, 2.75) is 77.4 Å². The Hall–Kier alpha value is -2.87. The summed E-state index contributed by atoms with van der Waals surface area (Å²) in [7, 11) is 0. The van der Waals surface area contributed by atoms with Crippen LogP contribution in [0.25, 0.3) is 0 Å². The van der Waals surface area contributed by atoms with E-state index in [9.17, 15) is 14.4 Å². The van der Waals surface area contributed by atoms with Crippen LogP contribution in [0.15, 0.2) is 24.3 Å². The van der Waals surface area contributed by atoms with Crippen molar-refractivity contribution in [1.82, 2.24) is 15.1 Å². The number of halogens is 1. The highest BCUT2D eigenvalue weighted by Crippen LogP contribution is 2.37. The maximum Gasteiger partial charge on any atom is 0.358 e. The number of nitrogens with zero attached hydrogens (tertiary/aromatic N) is 3. The average Bonchev–Trinajstić information content (AvgIpc) is 3.06. The summed E-state index contributed by atoms with van der Waals surface area (Å²) in [5.41, 5.74) is 0.248. The number of anilines is 1. The van der Waals surface area contributed by atoms with Gasteiger partial charge in [-0.25, -0.2) is 4.79 Å². The summed E-state index contributed by atoms with van der Waals surface area (Å²) in [6.07, 6.45) is 6.33. The van der Waals surface area contributed by atoms with Crippen LogP contribution in [0.5, 0.6) is 0 Å². The number of hydrogen-bond donors (Lipinski definition) is 1. The molecule has 2 aromatic rings. The molecule has 1 aromatic carbocycles. The fraction of sp³-hybridized carbons (Fsp3) is 0.520. The van der Waals surface area contributed by atoms with Gasteiger partial charge < -0.3 is 10.1 Å². The van der Waals surface area contributed by atoms with Crippen molar-refractivity contribution < 1.29 is 19.1 Å². The van der Waals surface area contributed by atoms with Crippen LogP contribution < -0.4 is 10.2 Å². The number of amides is 2. The van der Waals surface area contributed by atoms with Gasteiger partial charge in [-0.15, -0.1) is 0 Å². The highest BCUT2D eigenvalue weighted by Gasteiger charge is 2.50. The van der Waals surface area contributed by atoms with Crippen LogP contribution in [-0.2, 0) is 16.1 Å². The van der Waals surface area contributed by atoms with E-state index in [1.165, 1.54) is 28.5 Å². The minimum Gasteiger partial charge on any atom is -0.461 e. The normalized spacial score (nSPS) is 21.1. The molecule has 2 aliphatic rings. The summed E-state index contributed by atoms with van der Waals surface area (Å²) >= 11 is 6.39. The Bertz CT molecular complexity index is 1110. The molecule has 0 saturated heterocycles. The van der Waals surface area contributed by atoms with E-state index in [4.69, 9.17) is 16.3 Å². The smallest absolute Gasteiger partial charge is 0.358 e. The lowest BCUT2D eigenvalue weighted by molar-refractivity contribution is -0.127. The molecule has 1 saturated carbocycles. The van der Waals surface area contributed by atoms with Gasteiger partial charge in [-0.1, -0.05) is 43.4 Å². The molecule has 2 amide bonds. The van der Waals surface area contributed by atoms with Crippen molar-refractivity contribution in [3.05, 3.63) is 46.2 Å². The van der Waals surface area contributed by atoms with E-state index < -0.39 is 17.4 Å². The van der Waals surface area contributed by atoms with Crippen LogP contribution in [0, 0.1) is 6.92 Å². The molecule has 34 heavy (non-hydrogen) atoms. The first-order valence-electron chi connectivity index (χ1n) is 11.9. The Morgan fingerprint density at radius 1 is 1.24 bits per heavy atom. The summed E-state index contributed by atoms with van der Waals surface area (Å²) in [5.74, 6) is -1.27. The maximum absolute atomic E-state index is 13.8. The molecule has 2 heterocycles. The molecule has 1 atom stereocenters. The van der Waals surface area contributed by atoms with Crippen molar-refractivity contribution in [2.75, 3.05) is 11.5 Å². The zero-order chi connectivity index (χ0) is 24.5. The van der Waals surface area contributed by atoms with Crippen molar-refractivity contribution in [1.29, 1.82) is 0 Å². The summed E-state index contributed by atoms with van der Waals surface area (Å²) in [5, 5.41) is 8.02. The maximum atomic E-state index is 13.8. The lowest BCUT2D eigenvalue weighted by atomic mass is 9.92. The van der Waals surface area contributed by atoms with Crippen LogP contribution in [0.3, 0.4) is 0 Å². The second-order valence-corrected chi connectivity index (χ2v) is 9.66. The fourth-order valence-electron chi connectivity index (χ4n) is 4.87. The zero-order valence-corrected chi connectivity index (χ0v) is 20.7. The first-order chi connectivity index (χ1) is 16.3. The lowest BCUT2D eigenvalue weighted by Crippen LogP contribution is -2.65. The van der Waals surface area contributed by atoms with Gasteiger partial charge in [0.05, 0.1) is 13.2 Å². The van der Waals surface area contributed by atoms with Crippen LogP contribution in [0.4, 0.5) is 5.69 Å². The van der Waals surface area contributed by atoms with Gasteiger partial charge >= 0.3 is 5.97 Å². The molecule has 1 fully saturated rings. The van der Waals surface area contributed by atoms with E-state index in [1.807, 2.05) is 6.92 Å². The Labute approximate surface area is 204 Å². The number of aromatic nitrogens is 2. The average molecular weight is 487 g/mol. The number of carbonyl (C=O) groups is 3. The first-order valence-corrected chi connectivity index (χ1v) is 12.3. The van der Waals surface area contributed by atoms with Gasteiger partial charge in [0, 0.05) is 22.8 Å². The third-order valence-electron chi connectivity index (χ3n) is 6.80. The molecule has 8 nitrogen and oxygen atoms in total. The highest BCUT2D eigenvalue weighted by molar-refractivity contribution is 6.32. The number of rotatable bonds is 5. The highest BCUT2D eigenvalue weighted by atomic mass is 35.5. The van der Waals surface area contributed by atoms with E-state index in [-0.39, 0.29) is 36.5 Å². The molecular weight excluding hydrogens is 456 g/mol. The zero-order valence-electron chi connectivity index (χ0n) is 19.9. The second-order valence-electron chi connectivity index (χ2n) is 9.25. The van der Waals surface area contributed by atoms with Gasteiger partial charge in [0.25, 0.3) is 5.91 Å². The predicted octanol–water partition coefficient (Wildman–Crippen LogP) is 4.28. The Balaban J connectivity index is 1.77. The molecule has 1 aliphatic carbocycles. The van der Waals surface area contributed by atoms with Crippen LogP contribution in [-0.4, -0.2) is 45.8 Å². The third kappa shape index (κ3) is 4.43.